The molecule has 0 aliphatic heterocycles. The maximum absolute atomic E-state index is 11.6. The molecule has 0 N–H and O–H groups in total. The number of ketones is 1. The van der Waals surface area contributed by atoms with Gasteiger partial charge in [-0.05, 0) is 66.4 Å². The summed E-state index contributed by atoms with van der Waals surface area (Å²) in [6.45, 7) is 13.3. The zero-order valence-corrected chi connectivity index (χ0v) is 14.7. The highest BCUT2D eigenvalue weighted by Gasteiger charge is 2.24. The van der Waals surface area contributed by atoms with Crippen molar-refractivity contribution in [1.29, 1.82) is 0 Å². The molecule has 1 unspecified atom stereocenters. The van der Waals surface area contributed by atoms with Crippen LogP contribution < -0.4 is 0 Å². The molecule has 0 aromatic rings. The smallest absolute Gasteiger partial charge is 0.314 e. The first-order chi connectivity index (χ1) is 10.2. The summed E-state index contributed by atoms with van der Waals surface area (Å²) in [4.78, 5) is 22.6. The number of hydrogen-bond donors (Lipinski definition) is 0. The van der Waals surface area contributed by atoms with Gasteiger partial charge in [-0.15, -0.1) is 0 Å². The van der Waals surface area contributed by atoms with E-state index in [1.807, 2.05) is 6.92 Å². The van der Waals surface area contributed by atoms with Crippen molar-refractivity contribution in [3.63, 3.8) is 0 Å². The van der Waals surface area contributed by atoms with E-state index in [9.17, 15) is 9.59 Å². The Morgan fingerprint density at radius 3 is 2.23 bits per heavy atom. The standard InChI is InChI=1S/C19H30O3/c1-7-19(6,22-18(21)14-17(5)20)13-9-12-16(4)11-8-10-15(2)3/h7,10,12H,1,8-9,11,13-14H2,2-6H3. The largest absolute Gasteiger partial charge is 0.455 e. The molecule has 0 aliphatic carbocycles. The monoisotopic (exact) mass is 306 g/mol. The van der Waals surface area contributed by atoms with Gasteiger partial charge in [-0.3, -0.25) is 9.59 Å². The molecule has 0 aromatic carbocycles. The van der Waals surface area contributed by atoms with Crippen LogP contribution in [0.5, 0.6) is 0 Å². The highest BCUT2D eigenvalue weighted by molar-refractivity contribution is 5.94. The Kier molecular flexibility index (Phi) is 9.39. The molecular formula is C19H30O3. The average molecular weight is 306 g/mol. The van der Waals surface area contributed by atoms with Crippen LogP contribution in [0.4, 0.5) is 0 Å². The Morgan fingerprint density at radius 2 is 1.73 bits per heavy atom. The molecule has 124 valence electrons. The fraction of sp³-hybridized carbons (Fsp3) is 0.579. The topological polar surface area (TPSA) is 43.4 Å². The van der Waals surface area contributed by atoms with Crippen LogP contribution in [0, 0.1) is 0 Å². The van der Waals surface area contributed by atoms with E-state index in [-0.39, 0.29) is 12.2 Å². The summed E-state index contributed by atoms with van der Waals surface area (Å²) in [5.74, 6) is -0.675. The lowest BCUT2D eigenvalue weighted by Gasteiger charge is -2.25. The minimum Gasteiger partial charge on any atom is -0.455 e. The summed E-state index contributed by atoms with van der Waals surface area (Å²) in [5.41, 5.74) is 1.95. The summed E-state index contributed by atoms with van der Waals surface area (Å²) in [6.07, 6.45) is 9.44. The SMILES string of the molecule is C=CC(C)(CCC=C(C)CCC=C(C)C)OC(=O)CC(C)=O. The normalized spacial score (nSPS) is 14.0. The van der Waals surface area contributed by atoms with Crippen LogP contribution in [-0.4, -0.2) is 17.4 Å². The second-order valence-corrected chi connectivity index (χ2v) is 6.28. The van der Waals surface area contributed by atoms with Gasteiger partial charge in [0.2, 0.25) is 0 Å². The van der Waals surface area contributed by atoms with Crippen molar-refractivity contribution in [1.82, 2.24) is 0 Å². The molecular weight excluding hydrogens is 276 g/mol. The van der Waals surface area contributed by atoms with E-state index >= 15 is 0 Å². The van der Waals surface area contributed by atoms with Crippen LogP contribution in [0.1, 0.15) is 66.7 Å². The quantitative estimate of drug-likeness (QED) is 0.326. The van der Waals surface area contributed by atoms with Gasteiger partial charge in [-0.1, -0.05) is 29.9 Å². The minimum absolute atomic E-state index is 0.180. The number of esters is 1. The van der Waals surface area contributed by atoms with E-state index in [0.29, 0.717) is 6.42 Å². The van der Waals surface area contributed by atoms with Crippen LogP contribution in [0.15, 0.2) is 36.0 Å². The van der Waals surface area contributed by atoms with Crippen molar-refractivity contribution < 1.29 is 14.3 Å². The molecule has 0 heterocycles. The van der Waals surface area contributed by atoms with Gasteiger partial charge in [0.05, 0.1) is 0 Å². The van der Waals surface area contributed by atoms with Crippen LogP contribution in [0.2, 0.25) is 0 Å². The zero-order chi connectivity index (χ0) is 17.2. The third-order valence-electron chi connectivity index (χ3n) is 3.40. The van der Waals surface area contributed by atoms with E-state index in [1.54, 1.807) is 6.08 Å². The fourth-order valence-corrected chi connectivity index (χ4v) is 1.99. The number of allylic oxidation sites excluding steroid dienone is 4. The van der Waals surface area contributed by atoms with Gasteiger partial charge < -0.3 is 4.74 Å². The van der Waals surface area contributed by atoms with Crippen molar-refractivity contribution >= 4 is 11.8 Å². The van der Waals surface area contributed by atoms with Crippen molar-refractivity contribution in [3.05, 3.63) is 36.0 Å². The van der Waals surface area contributed by atoms with Gasteiger partial charge >= 0.3 is 5.97 Å². The predicted molar refractivity (Wildman–Crippen MR) is 91.6 cm³/mol. The fourth-order valence-electron chi connectivity index (χ4n) is 1.99. The number of hydrogen-bond acceptors (Lipinski definition) is 3. The van der Waals surface area contributed by atoms with Crippen molar-refractivity contribution in [2.24, 2.45) is 0 Å². The molecule has 0 radical (unpaired) electrons. The molecule has 0 fully saturated rings. The summed E-state index contributed by atoms with van der Waals surface area (Å²) in [5, 5.41) is 0. The second-order valence-electron chi connectivity index (χ2n) is 6.28. The molecule has 22 heavy (non-hydrogen) atoms. The molecule has 0 saturated heterocycles. The number of carbonyl (C=O) groups excluding carboxylic acids is 2. The van der Waals surface area contributed by atoms with Gasteiger partial charge in [-0.2, -0.15) is 0 Å². The highest BCUT2D eigenvalue weighted by Crippen LogP contribution is 2.21. The van der Waals surface area contributed by atoms with E-state index in [0.717, 1.165) is 19.3 Å². The molecule has 0 amide bonds. The predicted octanol–water partition coefficient (Wildman–Crippen LogP) is 4.93. The Hall–Kier alpha value is -1.64. The maximum Gasteiger partial charge on any atom is 0.314 e. The minimum atomic E-state index is -0.719. The van der Waals surface area contributed by atoms with Gasteiger partial charge in [0.15, 0.2) is 0 Å². The Balaban J connectivity index is 4.37. The Morgan fingerprint density at radius 1 is 1.09 bits per heavy atom. The molecule has 1 atom stereocenters. The lowest BCUT2D eigenvalue weighted by molar-refractivity contribution is -0.155. The third kappa shape index (κ3) is 10.1. The molecule has 0 saturated carbocycles. The molecule has 3 nitrogen and oxygen atoms in total. The Labute approximate surface area is 135 Å². The van der Waals surface area contributed by atoms with E-state index < -0.39 is 11.6 Å². The van der Waals surface area contributed by atoms with Crippen LogP contribution in [0.25, 0.3) is 0 Å². The maximum atomic E-state index is 11.6. The molecule has 0 rings (SSSR count). The van der Waals surface area contributed by atoms with E-state index in [2.05, 4.69) is 39.5 Å². The second kappa shape index (κ2) is 10.1. The Bertz CT molecular complexity index is 453. The molecule has 0 bridgehead atoms. The summed E-state index contributed by atoms with van der Waals surface area (Å²) in [6, 6.07) is 0. The van der Waals surface area contributed by atoms with Gasteiger partial charge in [0.25, 0.3) is 0 Å². The first-order valence-electron chi connectivity index (χ1n) is 7.82. The highest BCUT2D eigenvalue weighted by atomic mass is 16.6. The van der Waals surface area contributed by atoms with Crippen LogP contribution in [0.3, 0.4) is 0 Å². The number of ether oxygens (including phenoxy) is 1. The van der Waals surface area contributed by atoms with Gasteiger partial charge in [0, 0.05) is 0 Å². The summed E-state index contributed by atoms with van der Waals surface area (Å²) in [7, 11) is 0. The third-order valence-corrected chi connectivity index (χ3v) is 3.40. The van der Waals surface area contributed by atoms with Crippen LogP contribution in [-0.2, 0) is 14.3 Å². The van der Waals surface area contributed by atoms with E-state index in [1.165, 1.54) is 18.1 Å². The van der Waals surface area contributed by atoms with Crippen molar-refractivity contribution in [2.75, 3.05) is 0 Å². The number of carbonyl (C=O) groups is 2. The lowest BCUT2D eigenvalue weighted by atomic mass is 9.98. The average Bonchev–Trinajstić information content (AvgIpc) is 2.37. The van der Waals surface area contributed by atoms with Gasteiger partial charge in [0.1, 0.15) is 17.8 Å². The summed E-state index contributed by atoms with van der Waals surface area (Å²) >= 11 is 0. The lowest BCUT2D eigenvalue weighted by Crippen LogP contribution is -2.29. The zero-order valence-electron chi connectivity index (χ0n) is 14.7. The molecule has 0 aromatic heterocycles. The summed E-state index contributed by atoms with van der Waals surface area (Å²) < 4.78 is 5.38. The molecule has 0 aliphatic rings. The number of rotatable bonds is 10. The van der Waals surface area contributed by atoms with Crippen LogP contribution >= 0.6 is 0 Å². The van der Waals surface area contributed by atoms with E-state index in [4.69, 9.17) is 4.74 Å². The first-order valence-corrected chi connectivity index (χ1v) is 7.82. The first kappa shape index (κ1) is 20.4. The van der Waals surface area contributed by atoms with Crippen molar-refractivity contribution in [3.8, 4) is 0 Å². The van der Waals surface area contributed by atoms with Crippen molar-refractivity contribution in [2.45, 2.75) is 72.3 Å². The molecule has 3 heteroatoms. The van der Waals surface area contributed by atoms with Gasteiger partial charge in [-0.25, -0.2) is 0 Å². The molecule has 0 spiro atoms. The number of Topliss-reactive ketones (excluding diaryl/α,β-unsaturated/α-hetero) is 1.